The van der Waals surface area contributed by atoms with Crippen molar-refractivity contribution in [2.75, 3.05) is 13.2 Å². The number of fused-ring (bicyclic) bond motifs is 1. The molecule has 258 valence electrons. The summed E-state index contributed by atoms with van der Waals surface area (Å²) in [6.45, 7) is 7.23. The third-order valence-electron chi connectivity index (χ3n) is 8.53. The molecule has 3 aromatic carbocycles. The number of esters is 1. The van der Waals surface area contributed by atoms with E-state index in [0.29, 0.717) is 32.1 Å². The molecule has 4 rings (SSSR count). The number of aromatic amines is 1. The summed E-state index contributed by atoms with van der Waals surface area (Å²) < 4.78 is 19.4. The fraction of sp³-hybridized carbons (Fsp3) is 0.325. The molecule has 0 aliphatic carbocycles. The van der Waals surface area contributed by atoms with E-state index >= 15 is 0 Å². The minimum Gasteiger partial charge on any atom is -0.463 e. The quantitative estimate of drug-likeness (QED) is 0.0681. The Hall–Kier alpha value is -5.02. The second-order valence-electron chi connectivity index (χ2n) is 12.4. The van der Waals surface area contributed by atoms with Crippen LogP contribution in [0.1, 0.15) is 42.4 Å². The van der Waals surface area contributed by atoms with E-state index in [4.69, 9.17) is 4.74 Å². The lowest BCUT2D eigenvalue weighted by Crippen LogP contribution is -2.45. The summed E-state index contributed by atoms with van der Waals surface area (Å²) >= 11 is 0. The molecule has 1 heterocycles. The van der Waals surface area contributed by atoms with E-state index in [1.165, 1.54) is 12.1 Å². The zero-order valence-electron chi connectivity index (χ0n) is 27.8. The van der Waals surface area contributed by atoms with Crippen molar-refractivity contribution < 1.29 is 28.6 Å². The van der Waals surface area contributed by atoms with Gasteiger partial charge in [0.05, 0.1) is 30.5 Å². The number of hydrogen-bond acceptors (Lipinski definition) is 5. The van der Waals surface area contributed by atoms with Gasteiger partial charge in [0.25, 0.3) is 0 Å². The van der Waals surface area contributed by atoms with Crippen LogP contribution >= 0.6 is 0 Å². The number of aromatic nitrogens is 1. The molecule has 0 saturated heterocycles. The first kappa shape index (κ1) is 36.8. The van der Waals surface area contributed by atoms with Gasteiger partial charge in [0, 0.05) is 23.5 Å². The molecule has 0 spiro atoms. The summed E-state index contributed by atoms with van der Waals surface area (Å²) in [5, 5.41) is 16.8. The lowest BCUT2D eigenvalue weighted by atomic mass is 9.94. The molecule has 4 aromatic rings. The van der Waals surface area contributed by atoms with E-state index < -0.39 is 29.9 Å². The van der Waals surface area contributed by atoms with Crippen LogP contribution in [0.2, 0.25) is 0 Å². The van der Waals surface area contributed by atoms with E-state index in [-0.39, 0.29) is 43.7 Å². The van der Waals surface area contributed by atoms with Gasteiger partial charge >= 0.3 is 5.97 Å². The van der Waals surface area contributed by atoms with Crippen molar-refractivity contribution in [2.45, 2.75) is 57.0 Å². The van der Waals surface area contributed by atoms with Gasteiger partial charge in [0.1, 0.15) is 12.4 Å². The van der Waals surface area contributed by atoms with E-state index in [9.17, 15) is 23.9 Å². The molecule has 49 heavy (non-hydrogen) atoms. The second-order valence-corrected chi connectivity index (χ2v) is 12.4. The van der Waals surface area contributed by atoms with Crippen molar-refractivity contribution in [3.8, 4) is 0 Å². The van der Waals surface area contributed by atoms with Crippen LogP contribution in [-0.4, -0.2) is 53.2 Å². The summed E-state index contributed by atoms with van der Waals surface area (Å²) in [5.41, 5.74) is 3.67. The van der Waals surface area contributed by atoms with Crippen molar-refractivity contribution in [3.63, 3.8) is 0 Å². The Balaban J connectivity index is 1.46. The van der Waals surface area contributed by atoms with Crippen LogP contribution in [0.25, 0.3) is 10.9 Å². The molecule has 1 aromatic heterocycles. The van der Waals surface area contributed by atoms with Gasteiger partial charge in [0.15, 0.2) is 0 Å². The maximum absolute atomic E-state index is 13.7. The number of carbonyl (C=O) groups excluding carboxylic acids is 3. The maximum atomic E-state index is 13.7. The van der Waals surface area contributed by atoms with Crippen molar-refractivity contribution in [1.29, 1.82) is 0 Å². The number of nitrogens with one attached hydrogen (secondary N) is 3. The highest BCUT2D eigenvalue weighted by molar-refractivity contribution is 5.87. The highest BCUT2D eigenvalue weighted by atomic mass is 19.1. The smallest absolute Gasteiger partial charge is 0.309 e. The fourth-order valence-electron chi connectivity index (χ4n) is 5.92. The number of allylic oxidation sites excluding steroid dienone is 2. The number of rotatable bonds is 20. The fourth-order valence-corrected chi connectivity index (χ4v) is 5.92. The van der Waals surface area contributed by atoms with Gasteiger partial charge in [-0.3, -0.25) is 14.4 Å². The number of hydrogen-bond donors (Lipinski definition) is 4. The zero-order valence-corrected chi connectivity index (χ0v) is 27.8. The number of benzene rings is 3. The maximum Gasteiger partial charge on any atom is 0.309 e. The summed E-state index contributed by atoms with van der Waals surface area (Å²) in [7, 11) is 0. The van der Waals surface area contributed by atoms with E-state index in [1.807, 2.05) is 60.8 Å². The van der Waals surface area contributed by atoms with Crippen LogP contribution < -0.4 is 10.6 Å². The minimum absolute atomic E-state index is 0.0885. The molecule has 0 saturated carbocycles. The van der Waals surface area contributed by atoms with Crippen LogP contribution in [0.15, 0.2) is 110 Å². The molecule has 0 radical (unpaired) electrons. The van der Waals surface area contributed by atoms with Crippen molar-refractivity contribution >= 4 is 28.7 Å². The Kier molecular flexibility index (Phi) is 14.3. The van der Waals surface area contributed by atoms with Gasteiger partial charge in [-0.1, -0.05) is 72.8 Å². The van der Waals surface area contributed by atoms with Gasteiger partial charge < -0.3 is 25.5 Å². The van der Waals surface area contributed by atoms with Crippen LogP contribution in [0.4, 0.5) is 4.39 Å². The van der Waals surface area contributed by atoms with Gasteiger partial charge in [-0.25, -0.2) is 4.39 Å². The van der Waals surface area contributed by atoms with Crippen molar-refractivity contribution in [3.05, 3.63) is 133 Å². The Morgan fingerprint density at radius 2 is 1.55 bits per heavy atom. The first-order chi connectivity index (χ1) is 23.8. The third-order valence-corrected chi connectivity index (χ3v) is 8.53. The number of ether oxygens (including phenoxy) is 1. The highest BCUT2D eigenvalue weighted by Gasteiger charge is 2.27. The first-order valence-corrected chi connectivity index (χ1v) is 16.7. The van der Waals surface area contributed by atoms with Gasteiger partial charge in [0.2, 0.25) is 11.8 Å². The Labute approximate surface area is 287 Å². The number of para-hydroxylation sites is 1. The molecule has 4 N–H and O–H groups in total. The van der Waals surface area contributed by atoms with Crippen LogP contribution in [0.5, 0.6) is 0 Å². The van der Waals surface area contributed by atoms with Crippen molar-refractivity contribution in [1.82, 2.24) is 15.6 Å². The Bertz CT molecular complexity index is 1670. The normalized spacial score (nSPS) is 13.5. The minimum atomic E-state index is -0.728. The summed E-state index contributed by atoms with van der Waals surface area (Å²) in [6, 6.07) is 22.3. The monoisotopic (exact) mass is 667 g/mol. The first-order valence-electron chi connectivity index (χ1n) is 16.7. The number of aliphatic hydroxyl groups is 1. The molecule has 9 heteroatoms. The summed E-state index contributed by atoms with van der Waals surface area (Å²) in [4.78, 5) is 43.5. The van der Waals surface area contributed by atoms with E-state index in [1.54, 1.807) is 24.3 Å². The standard InChI is InChI=1S/C40H46FN3O5/c1-3-5-14-31(21-29-17-19-33(41)20-18-29)40(48)49-27-35(23-32-25-42-37-16-10-9-15-36(32)37)44-39(47)30(11-4-2)24-38(46)43-34(26-45)22-28-12-7-6-8-13-28/h3-4,6-10,12-13,15-20,25,30-31,34-35,42,45H,1-2,5,11,14,21-24,26-27H2,(H,43,46)(H,44,47)/t30-,31-,34+,35-/m1/s1. The van der Waals surface area contributed by atoms with E-state index in [2.05, 4.69) is 28.8 Å². The highest BCUT2D eigenvalue weighted by Crippen LogP contribution is 2.21. The SMILES string of the molecule is C=CCC[C@H](Cc1ccc(F)cc1)C(=O)OC[C@@H](Cc1c[nH]c2ccccc12)NC(=O)[C@H](CC=C)CC(=O)N[C@H](CO)Cc1ccccc1. The molecular formula is C40H46FN3O5. The second kappa shape index (κ2) is 19.1. The van der Waals surface area contributed by atoms with Gasteiger partial charge in [-0.05, 0) is 73.4 Å². The van der Waals surface area contributed by atoms with Crippen LogP contribution in [-0.2, 0) is 38.4 Å². The molecule has 0 bridgehead atoms. The lowest BCUT2D eigenvalue weighted by molar-refractivity contribution is -0.150. The van der Waals surface area contributed by atoms with E-state index in [0.717, 1.165) is 27.6 Å². The summed E-state index contributed by atoms with van der Waals surface area (Å²) in [6.07, 6.45) is 7.67. The molecule has 0 fully saturated rings. The summed E-state index contributed by atoms with van der Waals surface area (Å²) in [5.74, 6) is -2.71. The third kappa shape index (κ3) is 11.6. The predicted octanol–water partition coefficient (Wildman–Crippen LogP) is 6.00. The number of carbonyl (C=O) groups is 3. The predicted molar refractivity (Wildman–Crippen MR) is 190 cm³/mol. The number of halogens is 1. The molecule has 0 aliphatic heterocycles. The van der Waals surface area contributed by atoms with Gasteiger partial charge in [-0.15, -0.1) is 13.2 Å². The Morgan fingerprint density at radius 1 is 0.837 bits per heavy atom. The van der Waals surface area contributed by atoms with Gasteiger partial charge in [-0.2, -0.15) is 0 Å². The molecule has 0 unspecified atom stereocenters. The largest absolute Gasteiger partial charge is 0.463 e. The Morgan fingerprint density at radius 3 is 2.27 bits per heavy atom. The van der Waals surface area contributed by atoms with Crippen LogP contribution in [0.3, 0.4) is 0 Å². The molecular weight excluding hydrogens is 621 g/mol. The lowest BCUT2D eigenvalue weighted by Gasteiger charge is -2.24. The average molecular weight is 668 g/mol. The molecule has 2 amide bonds. The topological polar surface area (TPSA) is 121 Å². The molecule has 4 atom stereocenters. The average Bonchev–Trinajstić information content (AvgIpc) is 3.52. The molecule has 0 aliphatic rings. The van der Waals surface area contributed by atoms with Crippen LogP contribution in [0, 0.1) is 17.7 Å². The van der Waals surface area contributed by atoms with Crippen molar-refractivity contribution in [2.24, 2.45) is 11.8 Å². The number of H-pyrrole nitrogens is 1. The number of amides is 2. The number of aliphatic hydroxyl groups excluding tert-OH is 1. The molecule has 8 nitrogen and oxygen atoms in total. The zero-order chi connectivity index (χ0) is 35.0.